The standard InChI is InChI=1S/C16H26O5/c1-11(17)20-8-6-7-14(19)16(5)10-13(21-12(2)18)9-15(16,3)4/h13H,6-10H2,1-5H3/t13-,16-/m0/s1. The molecule has 0 aromatic carbocycles. The van der Waals surface area contributed by atoms with Crippen LogP contribution in [-0.2, 0) is 23.9 Å². The highest BCUT2D eigenvalue weighted by Crippen LogP contribution is 2.54. The third-order valence-electron chi connectivity index (χ3n) is 4.67. The fourth-order valence-corrected chi connectivity index (χ4v) is 3.13. The monoisotopic (exact) mass is 298 g/mol. The lowest BCUT2D eigenvalue weighted by Gasteiger charge is -2.36. The van der Waals surface area contributed by atoms with Crippen molar-refractivity contribution in [3.8, 4) is 0 Å². The van der Waals surface area contributed by atoms with E-state index in [1.807, 2.05) is 20.8 Å². The summed E-state index contributed by atoms with van der Waals surface area (Å²) in [5, 5.41) is 0. The summed E-state index contributed by atoms with van der Waals surface area (Å²) < 4.78 is 10.1. The molecule has 120 valence electrons. The zero-order valence-electron chi connectivity index (χ0n) is 13.7. The second kappa shape index (κ2) is 6.58. The van der Waals surface area contributed by atoms with Gasteiger partial charge in [-0.2, -0.15) is 0 Å². The molecule has 0 unspecified atom stereocenters. The van der Waals surface area contributed by atoms with Crippen molar-refractivity contribution in [2.24, 2.45) is 10.8 Å². The van der Waals surface area contributed by atoms with Crippen LogP contribution in [0.25, 0.3) is 0 Å². The molecule has 0 bridgehead atoms. The molecule has 0 N–H and O–H groups in total. The molecule has 1 aliphatic carbocycles. The van der Waals surface area contributed by atoms with Crippen molar-refractivity contribution in [2.45, 2.75) is 66.4 Å². The van der Waals surface area contributed by atoms with Crippen LogP contribution in [0.2, 0.25) is 0 Å². The second-order valence-corrected chi connectivity index (χ2v) is 6.72. The van der Waals surface area contributed by atoms with E-state index in [-0.39, 0.29) is 35.8 Å². The molecule has 21 heavy (non-hydrogen) atoms. The van der Waals surface area contributed by atoms with Crippen LogP contribution in [0.4, 0.5) is 0 Å². The smallest absolute Gasteiger partial charge is 0.302 e. The van der Waals surface area contributed by atoms with Gasteiger partial charge in [0.2, 0.25) is 0 Å². The van der Waals surface area contributed by atoms with E-state index in [0.29, 0.717) is 25.7 Å². The van der Waals surface area contributed by atoms with E-state index in [0.717, 1.165) is 0 Å². The summed E-state index contributed by atoms with van der Waals surface area (Å²) in [6.45, 7) is 9.05. The molecule has 1 saturated carbocycles. The van der Waals surface area contributed by atoms with E-state index in [9.17, 15) is 14.4 Å². The van der Waals surface area contributed by atoms with Crippen LogP contribution in [0.15, 0.2) is 0 Å². The SMILES string of the molecule is CC(=O)OCCCC(=O)[C@]1(C)C[C@@H](OC(C)=O)CC1(C)C. The Balaban J connectivity index is 2.63. The third-order valence-corrected chi connectivity index (χ3v) is 4.67. The molecule has 0 radical (unpaired) electrons. The molecular formula is C16H26O5. The molecule has 1 rings (SSSR count). The molecule has 5 heteroatoms. The van der Waals surface area contributed by atoms with Gasteiger partial charge in [-0.15, -0.1) is 0 Å². The first kappa shape index (κ1) is 17.7. The first-order valence-corrected chi connectivity index (χ1v) is 7.42. The lowest BCUT2D eigenvalue weighted by molar-refractivity contribution is -0.147. The first-order chi connectivity index (χ1) is 9.58. The van der Waals surface area contributed by atoms with Crippen molar-refractivity contribution in [1.29, 1.82) is 0 Å². The summed E-state index contributed by atoms with van der Waals surface area (Å²) in [5.41, 5.74) is -0.727. The predicted molar refractivity (Wildman–Crippen MR) is 77.6 cm³/mol. The van der Waals surface area contributed by atoms with Crippen molar-refractivity contribution < 1.29 is 23.9 Å². The largest absolute Gasteiger partial charge is 0.466 e. The van der Waals surface area contributed by atoms with Crippen LogP contribution in [0.5, 0.6) is 0 Å². The third kappa shape index (κ3) is 4.29. The van der Waals surface area contributed by atoms with Gasteiger partial charge in [0.1, 0.15) is 11.9 Å². The average Bonchev–Trinajstić information content (AvgIpc) is 2.54. The van der Waals surface area contributed by atoms with Gasteiger partial charge >= 0.3 is 11.9 Å². The minimum atomic E-state index is -0.511. The van der Waals surface area contributed by atoms with E-state index in [4.69, 9.17) is 9.47 Å². The quantitative estimate of drug-likeness (QED) is 0.557. The minimum absolute atomic E-state index is 0.148. The number of Topliss-reactive ketones (excluding diaryl/α,β-unsaturated/α-hetero) is 1. The zero-order chi connectivity index (χ0) is 16.3. The molecular weight excluding hydrogens is 272 g/mol. The molecule has 5 nitrogen and oxygen atoms in total. The highest BCUT2D eigenvalue weighted by molar-refractivity contribution is 5.86. The topological polar surface area (TPSA) is 69.7 Å². The summed E-state index contributed by atoms with van der Waals surface area (Å²) in [5.74, 6) is -0.485. The zero-order valence-corrected chi connectivity index (χ0v) is 13.7. The fraction of sp³-hybridized carbons (Fsp3) is 0.812. The maximum absolute atomic E-state index is 12.6. The van der Waals surface area contributed by atoms with Crippen LogP contribution >= 0.6 is 0 Å². The number of hydrogen-bond acceptors (Lipinski definition) is 5. The minimum Gasteiger partial charge on any atom is -0.466 e. The summed E-state index contributed by atoms with van der Waals surface area (Å²) >= 11 is 0. The van der Waals surface area contributed by atoms with Crippen LogP contribution in [0.3, 0.4) is 0 Å². The Morgan fingerprint density at radius 2 is 1.67 bits per heavy atom. The number of ketones is 1. The van der Waals surface area contributed by atoms with Crippen molar-refractivity contribution >= 4 is 17.7 Å². The van der Waals surface area contributed by atoms with Gasteiger partial charge in [0.15, 0.2) is 0 Å². The van der Waals surface area contributed by atoms with Crippen molar-refractivity contribution in [1.82, 2.24) is 0 Å². The molecule has 0 spiro atoms. The highest BCUT2D eigenvalue weighted by atomic mass is 16.5. The van der Waals surface area contributed by atoms with Crippen LogP contribution in [0, 0.1) is 10.8 Å². The van der Waals surface area contributed by atoms with E-state index in [2.05, 4.69) is 0 Å². The number of carbonyl (C=O) groups excluding carboxylic acids is 3. The molecule has 1 fully saturated rings. The molecule has 1 aliphatic rings. The summed E-state index contributed by atoms with van der Waals surface area (Å²) in [6, 6.07) is 0. The Morgan fingerprint density at radius 3 is 2.19 bits per heavy atom. The van der Waals surface area contributed by atoms with Gasteiger partial charge in [-0.1, -0.05) is 20.8 Å². The maximum Gasteiger partial charge on any atom is 0.302 e. The van der Waals surface area contributed by atoms with Crippen molar-refractivity contribution in [2.75, 3.05) is 6.61 Å². The number of hydrogen-bond donors (Lipinski definition) is 0. The van der Waals surface area contributed by atoms with Crippen molar-refractivity contribution in [3.05, 3.63) is 0 Å². The summed E-state index contributed by atoms with van der Waals surface area (Å²) in [4.78, 5) is 34.4. The van der Waals surface area contributed by atoms with Crippen LogP contribution in [-0.4, -0.2) is 30.4 Å². The van der Waals surface area contributed by atoms with Crippen molar-refractivity contribution in [3.63, 3.8) is 0 Å². The number of ether oxygens (including phenoxy) is 2. The average molecular weight is 298 g/mol. The maximum atomic E-state index is 12.6. The Labute approximate surface area is 126 Å². The Hall–Kier alpha value is -1.39. The van der Waals surface area contributed by atoms with Gasteiger partial charge in [0, 0.05) is 25.7 Å². The first-order valence-electron chi connectivity index (χ1n) is 7.42. The molecule has 2 atom stereocenters. The van der Waals surface area contributed by atoms with E-state index in [1.54, 1.807) is 0 Å². The Morgan fingerprint density at radius 1 is 1.05 bits per heavy atom. The Kier molecular flexibility index (Phi) is 5.54. The molecule has 0 amide bonds. The van der Waals surface area contributed by atoms with Crippen LogP contribution < -0.4 is 0 Å². The van der Waals surface area contributed by atoms with Crippen LogP contribution in [0.1, 0.15) is 60.3 Å². The van der Waals surface area contributed by atoms with Gasteiger partial charge in [0.25, 0.3) is 0 Å². The van der Waals surface area contributed by atoms with Gasteiger partial charge < -0.3 is 9.47 Å². The lowest BCUT2D eigenvalue weighted by atomic mass is 9.66. The Bertz CT molecular complexity index is 426. The molecule has 0 heterocycles. The van der Waals surface area contributed by atoms with Gasteiger partial charge in [-0.3, -0.25) is 14.4 Å². The molecule has 0 aromatic rings. The van der Waals surface area contributed by atoms with Gasteiger partial charge in [-0.25, -0.2) is 0 Å². The molecule has 0 saturated heterocycles. The summed E-state index contributed by atoms with van der Waals surface area (Å²) in [7, 11) is 0. The highest BCUT2D eigenvalue weighted by Gasteiger charge is 2.54. The second-order valence-electron chi connectivity index (χ2n) is 6.72. The normalized spacial score (nSPS) is 27.2. The molecule has 0 aliphatic heterocycles. The van der Waals surface area contributed by atoms with E-state index >= 15 is 0 Å². The van der Waals surface area contributed by atoms with Gasteiger partial charge in [-0.05, 0) is 24.7 Å². The number of carbonyl (C=O) groups is 3. The van der Waals surface area contributed by atoms with Gasteiger partial charge in [0.05, 0.1) is 6.61 Å². The van der Waals surface area contributed by atoms with E-state index in [1.165, 1.54) is 13.8 Å². The van der Waals surface area contributed by atoms with E-state index < -0.39 is 5.41 Å². The summed E-state index contributed by atoms with van der Waals surface area (Å²) in [6.07, 6.45) is 1.97. The lowest BCUT2D eigenvalue weighted by Crippen LogP contribution is -2.37. The fourth-order valence-electron chi connectivity index (χ4n) is 3.13. The predicted octanol–water partition coefficient (Wildman–Crippen LogP) is 2.66. The number of rotatable bonds is 6. The number of esters is 2. The molecule has 0 aromatic heterocycles.